The number of rotatable bonds is 6. The van der Waals surface area contributed by atoms with Crippen LogP contribution < -0.4 is 16.0 Å². The third kappa shape index (κ3) is 6.88. The molecule has 0 heterocycles. The monoisotopic (exact) mass is 464 g/mol. The Bertz CT molecular complexity index is 576. The van der Waals surface area contributed by atoms with Crippen LogP contribution in [-0.4, -0.2) is 38.8 Å². The van der Waals surface area contributed by atoms with E-state index < -0.39 is 5.41 Å². The van der Waals surface area contributed by atoms with Gasteiger partial charge in [0.15, 0.2) is 5.96 Å². The van der Waals surface area contributed by atoms with Crippen molar-refractivity contribution >= 4 is 47.6 Å². The highest BCUT2D eigenvalue weighted by atomic mass is 127. The molecule has 0 atom stereocenters. The van der Waals surface area contributed by atoms with Gasteiger partial charge >= 0.3 is 0 Å². The third-order valence-electron chi connectivity index (χ3n) is 3.65. The zero-order chi connectivity index (χ0) is 17.5. The first kappa shape index (κ1) is 23.0. The highest BCUT2D eigenvalue weighted by Crippen LogP contribution is 2.21. The van der Waals surface area contributed by atoms with Gasteiger partial charge in [0.05, 0.1) is 5.41 Å². The molecule has 0 aliphatic rings. The van der Waals surface area contributed by atoms with Gasteiger partial charge in [0.1, 0.15) is 0 Å². The molecule has 24 heavy (non-hydrogen) atoms. The summed E-state index contributed by atoms with van der Waals surface area (Å²) in [6.07, 6.45) is 2.08. The van der Waals surface area contributed by atoms with Crippen molar-refractivity contribution in [3.8, 4) is 0 Å². The van der Waals surface area contributed by atoms with Crippen molar-refractivity contribution in [2.45, 2.75) is 32.2 Å². The van der Waals surface area contributed by atoms with Gasteiger partial charge in [-0.05, 0) is 44.2 Å². The van der Waals surface area contributed by atoms with Crippen molar-refractivity contribution in [2.75, 3.05) is 26.9 Å². The average Bonchev–Trinajstić information content (AvgIpc) is 2.54. The summed E-state index contributed by atoms with van der Waals surface area (Å²) >= 11 is 1.74. The number of aliphatic imine (C=N–C) groups is 1. The first-order chi connectivity index (χ1) is 10.8. The zero-order valence-corrected chi connectivity index (χ0v) is 18.5. The first-order valence-corrected chi connectivity index (χ1v) is 8.86. The maximum absolute atomic E-state index is 11.8. The largest absolute Gasteiger partial charge is 0.359 e. The Morgan fingerprint density at radius 1 is 1.29 bits per heavy atom. The number of nitrogens with one attached hydrogen (secondary N) is 3. The number of amides is 1. The zero-order valence-electron chi connectivity index (χ0n) is 15.3. The molecule has 136 valence electrons. The summed E-state index contributed by atoms with van der Waals surface area (Å²) < 4.78 is 0. The number of nitrogens with zero attached hydrogens (tertiary/aromatic N) is 1. The van der Waals surface area contributed by atoms with Gasteiger partial charge in [0.2, 0.25) is 5.91 Å². The van der Waals surface area contributed by atoms with Crippen molar-refractivity contribution in [1.82, 2.24) is 16.0 Å². The molecule has 0 saturated heterocycles. The fourth-order valence-electron chi connectivity index (χ4n) is 2.12. The Hall–Kier alpha value is -0.960. The summed E-state index contributed by atoms with van der Waals surface area (Å²) in [5.74, 6) is 0.693. The van der Waals surface area contributed by atoms with Gasteiger partial charge in [-0.15, -0.1) is 35.7 Å². The summed E-state index contributed by atoms with van der Waals surface area (Å²) in [7, 11) is 3.38. The summed E-state index contributed by atoms with van der Waals surface area (Å²) in [6, 6.07) is 6.43. The number of carbonyl (C=O) groups is 1. The number of benzene rings is 1. The topological polar surface area (TPSA) is 65.5 Å². The van der Waals surface area contributed by atoms with E-state index in [0.717, 1.165) is 0 Å². The Balaban J connectivity index is 0.00000529. The smallest absolute Gasteiger partial charge is 0.227 e. The number of carbonyl (C=O) groups excluding carboxylic acids is 1. The first-order valence-electron chi connectivity index (χ1n) is 7.64. The maximum Gasteiger partial charge on any atom is 0.227 e. The Labute approximate surface area is 166 Å². The molecule has 0 aliphatic heterocycles. The molecule has 0 radical (unpaired) electrons. The van der Waals surface area contributed by atoms with E-state index in [1.54, 1.807) is 25.9 Å². The lowest BCUT2D eigenvalue weighted by molar-refractivity contribution is -0.128. The minimum absolute atomic E-state index is 0. The predicted molar refractivity (Wildman–Crippen MR) is 114 cm³/mol. The van der Waals surface area contributed by atoms with Crippen LogP contribution in [0.2, 0.25) is 0 Å². The maximum atomic E-state index is 11.8. The Morgan fingerprint density at radius 2 is 1.96 bits per heavy atom. The van der Waals surface area contributed by atoms with E-state index in [4.69, 9.17) is 0 Å². The van der Waals surface area contributed by atoms with Crippen LogP contribution in [0.4, 0.5) is 0 Å². The number of halogens is 1. The molecule has 1 aromatic rings. The second-order valence-electron chi connectivity index (χ2n) is 6.06. The molecule has 1 aromatic carbocycles. The molecular weight excluding hydrogens is 435 g/mol. The second kappa shape index (κ2) is 10.8. The van der Waals surface area contributed by atoms with Gasteiger partial charge in [-0.2, -0.15) is 0 Å². The van der Waals surface area contributed by atoms with Crippen molar-refractivity contribution < 1.29 is 4.79 Å². The number of hydrogen-bond donors (Lipinski definition) is 3. The molecule has 0 spiro atoms. The molecule has 0 bridgehead atoms. The quantitative estimate of drug-likeness (QED) is 0.262. The molecule has 0 unspecified atom stereocenters. The lowest BCUT2D eigenvalue weighted by atomic mass is 9.92. The number of guanidine groups is 1. The summed E-state index contributed by atoms with van der Waals surface area (Å²) in [4.78, 5) is 17.3. The van der Waals surface area contributed by atoms with Gasteiger partial charge in [-0.3, -0.25) is 9.79 Å². The van der Waals surface area contributed by atoms with Gasteiger partial charge in [-0.1, -0.05) is 12.1 Å². The van der Waals surface area contributed by atoms with Gasteiger partial charge in [0, 0.05) is 32.1 Å². The van der Waals surface area contributed by atoms with E-state index in [0.29, 0.717) is 19.0 Å². The summed E-state index contributed by atoms with van der Waals surface area (Å²) in [6.45, 7) is 7.10. The van der Waals surface area contributed by atoms with Gasteiger partial charge < -0.3 is 16.0 Å². The van der Waals surface area contributed by atoms with Crippen LogP contribution in [0.5, 0.6) is 0 Å². The van der Waals surface area contributed by atoms with Crippen molar-refractivity contribution in [3.05, 3.63) is 29.3 Å². The molecule has 1 amide bonds. The second-order valence-corrected chi connectivity index (χ2v) is 6.91. The van der Waals surface area contributed by atoms with Crippen LogP contribution in [-0.2, 0) is 11.3 Å². The van der Waals surface area contributed by atoms with E-state index in [1.807, 2.05) is 13.8 Å². The van der Waals surface area contributed by atoms with Crippen molar-refractivity contribution in [3.63, 3.8) is 0 Å². The van der Waals surface area contributed by atoms with Crippen LogP contribution in [0.3, 0.4) is 0 Å². The SMILES string of the molecule is CN=C(NCc1ccc(C)cc1SC)NCC(C)(C)C(=O)NC.I. The van der Waals surface area contributed by atoms with E-state index in [1.165, 1.54) is 16.0 Å². The molecule has 0 fully saturated rings. The van der Waals surface area contributed by atoms with E-state index in [-0.39, 0.29) is 29.9 Å². The molecule has 0 aliphatic carbocycles. The van der Waals surface area contributed by atoms with E-state index >= 15 is 0 Å². The molecule has 0 saturated carbocycles. The number of hydrogen-bond acceptors (Lipinski definition) is 3. The third-order valence-corrected chi connectivity index (χ3v) is 4.47. The number of thioether (sulfide) groups is 1. The lowest BCUT2D eigenvalue weighted by Gasteiger charge is -2.24. The molecule has 1 rings (SSSR count). The molecule has 7 heteroatoms. The lowest BCUT2D eigenvalue weighted by Crippen LogP contribution is -2.47. The normalized spacial score (nSPS) is 11.5. The fourth-order valence-corrected chi connectivity index (χ4v) is 2.83. The number of aryl methyl sites for hydroxylation is 1. The van der Waals surface area contributed by atoms with E-state index in [2.05, 4.69) is 52.3 Å². The highest BCUT2D eigenvalue weighted by molar-refractivity contribution is 14.0. The predicted octanol–water partition coefficient (Wildman–Crippen LogP) is 2.77. The van der Waals surface area contributed by atoms with E-state index in [9.17, 15) is 4.79 Å². The van der Waals surface area contributed by atoms with Crippen LogP contribution in [0.1, 0.15) is 25.0 Å². The minimum Gasteiger partial charge on any atom is -0.359 e. The van der Waals surface area contributed by atoms with Gasteiger partial charge in [-0.25, -0.2) is 0 Å². The molecule has 0 aromatic heterocycles. The van der Waals surface area contributed by atoms with Crippen LogP contribution >= 0.6 is 35.7 Å². The average molecular weight is 464 g/mol. The van der Waals surface area contributed by atoms with Crippen molar-refractivity contribution in [2.24, 2.45) is 10.4 Å². The van der Waals surface area contributed by atoms with Crippen LogP contribution in [0.15, 0.2) is 28.1 Å². The summed E-state index contributed by atoms with van der Waals surface area (Å²) in [5.41, 5.74) is 1.99. The summed E-state index contributed by atoms with van der Waals surface area (Å²) in [5, 5.41) is 9.20. The highest BCUT2D eigenvalue weighted by Gasteiger charge is 2.26. The minimum atomic E-state index is -0.499. The molecule has 3 N–H and O–H groups in total. The fraction of sp³-hybridized carbons (Fsp3) is 0.529. The Morgan fingerprint density at radius 3 is 2.50 bits per heavy atom. The Kier molecular flexibility index (Phi) is 10.4. The molecule has 5 nitrogen and oxygen atoms in total. The van der Waals surface area contributed by atoms with Gasteiger partial charge in [0.25, 0.3) is 0 Å². The van der Waals surface area contributed by atoms with Crippen LogP contribution in [0.25, 0.3) is 0 Å². The van der Waals surface area contributed by atoms with Crippen LogP contribution in [0, 0.1) is 12.3 Å². The molecular formula is C17H29IN4OS. The van der Waals surface area contributed by atoms with Crippen molar-refractivity contribution in [1.29, 1.82) is 0 Å². The standard InChI is InChI=1S/C17H28N4OS.HI/c1-12-7-8-13(14(9-12)23-6)10-20-16(19-5)21-11-17(2,3)15(22)18-4;/h7-9H,10-11H2,1-6H3,(H,18,22)(H2,19,20,21);1H.